The molecular weight excluding hydrogens is 336 g/mol. The number of rotatable bonds is 3. The Kier molecular flexibility index (Phi) is 3.95. The number of aromatic nitrogens is 3. The molecule has 3 heterocycles. The molecule has 4 rings (SSSR count). The first-order valence-corrected chi connectivity index (χ1v) is 9.27. The molecule has 6 nitrogen and oxygen atoms in total. The van der Waals surface area contributed by atoms with E-state index in [9.17, 15) is 9.59 Å². The topological polar surface area (TPSA) is 60.1 Å². The normalized spacial score (nSPS) is 14.6. The molecule has 0 amide bonds. The molecule has 1 aliphatic heterocycles. The lowest BCUT2D eigenvalue weighted by Crippen LogP contribution is -2.38. The summed E-state index contributed by atoms with van der Waals surface area (Å²) in [5.74, 6) is 0. The monoisotopic (exact) mass is 356 g/mol. The van der Waals surface area contributed by atoms with Gasteiger partial charge in [0, 0.05) is 20.1 Å². The largest absolute Gasteiger partial charge is 0.348 e. The second-order valence-electron chi connectivity index (χ2n) is 6.56. The van der Waals surface area contributed by atoms with E-state index in [2.05, 4.69) is 9.88 Å². The van der Waals surface area contributed by atoms with Crippen molar-refractivity contribution in [3.63, 3.8) is 0 Å². The smallest absolute Gasteiger partial charge is 0.332 e. The Balaban J connectivity index is 1.88. The van der Waals surface area contributed by atoms with Gasteiger partial charge in [-0.3, -0.25) is 13.9 Å². The Bertz CT molecular complexity index is 1040. The molecule has 0 aliphatic carbocycles. The summed E-state index contributed by atoms with van der Waals surface area (Å²) in [7, 11) is 1.53. The van der Waals surface area contributed by atoms with Gasteiger partial charge >= 0.3 is 5.69 Å². The summed E-state index contributed by atoms with van der Waals surface area (Å²) in [4.78, 5) is 32.1. The summed E-state index contributed by atoms with van der Waals surface area (Å²) < 4.78 is 3.34. The van der Waals surface area contributed by atoms with E-state index in [1.54, 1.807) is 4.57 Å². The van der Waals surface area contributed by atoms with Gasteiger partial charge in [0.05, 0.1) is 6.54 Å². The average molecular weight is 356 g/mol. The molecule has 0 atom stereocenters. The molecule has 130 valence electrons. The van der Waals surface area contributed by atoms with Crippen LogP contribution in [-0.2, 0) is 13.6 Å². The van der Waals surface area contributed by atoms with Crippen LogP contribution in [0, 0.1) is 6.92 Å². The number of benzene rings is 1. The Morgan fingerprint density at radius 2 is 1.80 bits per heavy atom. The van der Waals surface area contributed by atoms with E-state index < -0.39 is 0 Å². The van der Waals surface area contributed by atoms with Gasteiger partial charge in [-0.15, -0.1) is 0 Å². The summed E-state index contributed by atoms with van der Waals surface area (Å²) in [5, 5.41) is 0.841. The number of hydrogen-bond donors (Lipinski definition) is 0. The predicted octanol–water partition coefficient (Wildman–Crippen LogP) is 2.11. The van der Waals surface area contributed by atoms with E-state index >= 15 is 0 Å². The molecule has 0 bridgehead atoms. The third kappa shape index (κ3) is 2.78. The van der Waals surface area contributed by atoms with Gasteiger partial charge in [-0.25, -0.2) is 9.78 Å². The Labute approximate surface area is 149 Å². The van der Waals surface area contributed by atoms with E-state index in [4.69, 9.17) is 0 Å². The molecule has 0 unspecified atom stereocenters. The van der Waals surface area contributed by atoms with Gasteiger partial charge in [-0.05, 0) is 25.3 Å². The SMILES string of the molecule is Cc1ccc(Cn2c(=O)n(C)c(=O)c3sc(N4CCCC4)nc32)cc1. The lowest BCUT2D eigenvalue weighted by atomic mass is 10.1. The molecule has 25 heavy (non-hydrogen) atoms. The lowest BCUT2D eigenvalue weighted by Gasteiger charge is -2.12. The van der Waals surface area contributed by atoms with Crippen molar-refractivity contribution in [1.82, 2.24) is 14.1 Å². The fourth-order valence-corrected chi connectivity index (χ4v) is 4.29. The van der Waals surface area contributed by atoms with Gasteiger partial charge in [-0.2, -0.15) is 0 Å². The van der Waals surface area contributed by atoms with Crippen molar-refractivity contribution >= 4 is 26.8 Å². The fourth-order valence-electron chi connectivity index (χ4n) is 3.20. The first-order valence-electron chi connectivity index (χ1n) is 8.45. The third-order valence-corrected chi connectivity index (χ3v) is 5.80. The molecule has 0 N–H and O–H groups in total. The van der Waals surface area contributed by atoms with Crippen LogP contribution in [-0.4, -0.2) is 27.2 Å². The zero-order valence-corrected chi connectivity index (χ0v) is 15.2. The average Bonchev–Trinajstić information content (AvgIpc) is 3.28. The molecule has 2 aromatic heterocycles. The Hall–Kier alpha value is -2.41. The zero-order valence-electron chi connectivity index (χ0n) is 14.4. The van der Waals surface area contributed by atoms with Crippen LogP contribution in [0.3, 0.4) is 0 Å². The number of nitrogens with zero attached hydrogens (tertiary/aromatic N) is 4. The summed E-state index contributed by atoms with van der Waals surface area (Å²) in [5.41, 5.74) is 2.11. The molecule has 0 saturated carbocycles. The van der Waals surface area contributed by atoms with Crippen molar-refractivity contribution in [3.05, 3.63) is 56.2 Å². The fraction of sp³-hybridized carbons (Fsp3) is 0.389. The molecule has 7 heteroatoms. The van der Waals surface area contributed by atoms with E-state index in [-0.39, 0.29) is 11.2 Å². The summed E-state index contributed by atoms with van der Waals surface area (Å²) in [6.07, 6.45) is 2.29. The van der Waals surface area contributed by atoms with Crippen LogP contribution in [0.2, 0.25) is 0 Å². The quantitative estimate of drug-likeness (QED) is 0.721. The van der Waals surface area contributed by atoms with E-state index in [1.165, 1.54) is 28.5 Å². The van der Waals surface area contributed by atoms with Crippen LogP contribution < -0.4 is 16.1 Å². The van der Waals surface area contributed by atoms with E-state index in [0.717, 1.165) is 36.6 Å². The molecule has 1 aromatic carbocycles. The van der Waals surface area contributed by atoms with Crippen molar-refractivity contribution in [2.45, 2.75) is 26.3 Å². The predicted molar refractivity (Wildman–Crippen MR) is 101 cm³/mol. The second-order valence-corrected chi connectivity index (χ2v) is 7.54. The maximum atomic E-state index is 12.7. The van der Waals surface area contributed by atoms with Crippen LogP contribution in [0.5, 0.6) is 0 Å². The van der Waals surface area contributed by atoms with Gasteiger partial charge < -0.3 is 4.90 Å². The van der Waals surface area contributed by atoms with Crippen LogP contribution >= 0.6 is 11.3 Å². The van der Waals surface area contributed by atoms with Crippen molar-refractivity contribution < 1.29 is 0 Å². The summed E-state index contributed by atoms with van der Waals surface area (Å²) in [6.45, 7) is 4.36. The van der Waals surface area contributed by atoms with Crippen LogP contribution in [0.4, 0.5) is 5.13 Å². The van der Waals surface area contributed by atoms with Crippen LogP contribution in [0.25, 0.3) is 10.3 Å². The van der Waals surface area contributed by atoms with Crippen LogP contribution in [0.1, 0.15) is 24.0 Å². The number of anilines is 1. The van der Waals surface area contributed by atoms with Gasteiger partial charge in [0.15, 0.2) is 10.8 Å². The Morgan fingerprint density at radius 3 is 2.48 bits per heavy atom. The first-order chi connectivity index (χ1) is 12.0. The minimum atomic E-state index is -0.323. The number of thiazole rings is 1. The molecule has 3 aromatic rings. The highest BCUT2D eigenvalue weighted by Gasteiger charge is 2.21. The first kappa shape index (κ1) is 16.1. The maximum Gasteiger partial charge on any atom is 0.332 e. The highest BCUT2D eigenvalue weighted by molar-refractivity contribution is 7.22. The molecule has 0 radical (unpaired) electrons. The van der Waals surface area contributed by atoms with E-state index in [0.29, 0.717) is 16.9 Å². The summed E-state index contributed by atoms with van der Waals surface area (Å²) >= 11 is 1.39. The zero-order chi connectivity index (χ0) is 17.6. The molecule has 1 aliphatic rings. The standard InChI is InChI=1S/C18H20N4O2S/c1-12-5-7-13(8-6-12)11-22-15-14(16(23)20(2)18(22)24)25-17(19-15)21-9-3-4-10-21/h5-8H,3-4,9-11H2,1-2H3. The van der Waals surface area contributed by atoms with Crippen molar-refractivity contribution in [2.75, 3.05) is 18.0 Å². The molecule has 0 spiro atoms. The maximum absolute atomic E-state index is 12.7. The van der Waals surface area contributed by atoms with Gasteiger partial charge in [0.2, 0.25) is 0 Å². The summed E-state index contributed by atoms with van der Waals surface area (Å²) in [6, 6.07) is 8.06. The van der Waals surface area contributed by atoms with Crippen LogP contribution in [0.15, 0.2) is 33.9 Å². The minimum Gasteiger partial charge on any atom is -0.348 e. The van der Waals surface area contributed by atoms with Gasteiger partial charge in [-0.1, -0.05) is 41.2 Å². The number of aryl methyl sites for hydroxylation is 1. The van der Waals surface area contributed by atoms with E-state index in [1.807, 2.05) is 31.2 Å². The van der Waals surface area contributed by atoms with Gasteiger partial charge in [0.1, 0.15) is 4.70 Å². The van der Waals surface area contributed by atoms with Crippen molar-refractivity contribution in [2.24, 2.45) is 7.05 Å². The van der Waals surface area contributed by atoms with Crippen molar-refractivity contribution in [1.29, 1.82) is 0 Å². The second kappa shape index (κ2) is 6.15. The molecule has 1 fully saturated rings. The molecular formula is C18H20N4O2S. The third-order valence-electron chi connectivity index (χ3n) is 4.71. The number of fused-ring (bicyclic) bond motifs is 1. The molecule has 1 saturated heterocycles. The highest BCUT2D eigenvalue weighted by Crippen LogP contribution is 2.28. The minimum absolute atomic E-state index is 0.261. The highest BCUT2D eigenvalue weighted by atomic mass is 32.1. The lowest BCUT2D eigenvalue weighted by molar-refractivity contribution is 0.670. The van der Waals surface area contributed by atoms with Gasteiger partial charge in [0.25, 0.3) is 5.56 Å². The Morgan fingerprint density at radius 1 is 1.12 bits per heavy atom. The number of hydrogen-bond acceptors (Lipinski definition) is 5. The van der Waals surface area contributed by atoms with Crippen molar-refractivity contribution in [3.8, 4) is 0 Å².